The van der Waals surface area contributed by atoms with Crippen molar-refractivity contribution in [2.45, 2.75) is 58.4 Å². The minimum absolute atomic E-state index is 0.141. The van der Waals surface area contributed by atoms with Crippen molar-refractivity contribution in [1.29, 1.82) is 0 Å². The summed E-state index contributed by atoms with van der Waals surface area (Å²) in [6, 6.07) is 9.78. The summed E-state index contributed by atoms with van der Waals surface area (Å²) in [5.74, 6) is 7.71. The Morgan fingerprint density at radius 2 is 1.90 bits per heavy atom. The molecule has 0 fully saturated rings. The Labute approximate surface area is 182 Å². The maximum absolute atomic E-state index is 11.8. The number of carbonyl (C=O) groups excluding carboxylic acids is 1. The van der Waals surface area contributed by atoms with E-state index in [1.54, 1.807) is 24.1 Å². The zero-order valence-electron chi connectivity index (χ0n) is 18.1. The molecule has 0 amide bonds. The fourth-order valence-corrected chi connectivity index (χ4v) is 3.25. The van der Waals surface area contributed by atoms with Gasteiger partial charge in [-0.1, -0.05) is 18.2 Å². The predicted molar refractivity (Wildman–Crippen MR) is 117 cm³/mol. The maximum atomic E-state index is 11.8. The summed E-state index contributed by atoms with van der Waals surface area (Å²) in [5.41, 5.74) is 1.97. The summed E-state index contributed by atoms with van der Waals surface area (Å²) in [6.45, 7) is 4.12. The second-order valence-corrected chi connectivity index (χ2v) is 7.15. The number of hydrogen-bond donors (Lipinski definition) is 0. The highest BCUT2D eigenvalue weighted by atomic mass is 16.5. The van der Waals surface area contributed by atoms with Crippen molar-refractivity contribution in [3.63, 3.8) is 0 Å². The van der Waals surface area contributed by atoms with E-state index in [0.717, 1.165) is 36.3 Å². The fourth-order valence-electron chi connectivity index (χ4n) is 3.25. The number of carbonyl (C=O) groups is 1. The van der Waals surface area contributed by atoms with Gasteiger partial charge in [0.2, 0.25) is 5.89 Å². The highest BCUT2D eigenvalue weighted by molar-refractivity contribution is 5.69. The first-order valence-corrected chi connectivity index (χ1v) is 10.7. The van der Waals surface area contributed by atoms with Gasteiger partial charge in [-0.2, -0.15) is 15.0 Å². The van der Waals surface area contributed by atoms with Crippen molar-refractivity contribution in [2.24, 2.45) is 0 Å². The Balaban J connectivity index is 1.44. The van der Waals surface area contributed by atoms with E-state index in [0.29, 0.717) is 25.3 Å². The topological polar surface area (TPSA) is 83.0 Å². The predicted octanol–water partition coefficient (Wildman–Crippen LogP) is 4.54. The van der Waals surface area contributed by atoms with Crippen molar-refractivity contribution in [1.82, 2.24) is 20.0 Å². The van der Waals surface area contributed by atoms with Crippen LogP contribution in [0.25, 0.3) is 11.5 Å². The van der Waals surface area contributed by atoms with E-state index < -0.39 is 0 Å². The summed E-state index contributed by atoms with van der Waals surface area (Å²) < 4.78 is 10.9. The third-order valence-electron chi connectivity index (χ3n) is 4.83. The zero-order valence-corrected chi connectivity index (χ0v) is 18.1. The van der Waals surface area contributed by atoms with Crippen LogP contribution in [0.5, 0.6) is 0 Å². The van der Waals surface area contributed by atoms with Crippen molar-refractivity contribution in [2.75, 3.05) is 6.61 Å². The average Bonchev–Trinajstić information content (AvgIpc) is 3.43. The average molecular weight is 421 g/mol. The van der Waals surface area contributed by atoms with Gasteiger partial charge in [0.15, 0.2) is 0 Å². The van der Waals surface area contributed by atoms with Gasteiger partial charge in [0.05, 0.1) is 37.2 Å². The van der Waals surface area contributed by atoms with E-state index in [9.17, 15) is 4.79 Å². The minimum Gasteiger partial charge on any atom is -0.466 e. The summed E-state index contributed by atoms with van der Waals surface area (Å²) in [4.78, 5) is 18.0. The second kappa shape index (κ2) is 11.7. The van der Waals surface area contributed by atoms with Crippen LogP contribution in [0.4, 0.5) is 0 Å². The van der Waals surface area contributed by atoms with Crippen LogP contribution in [0, 0.1) is 18.8 Å². The van der Waals surface area contributed by atoms with Crippen LogP contribution >= 0.6 is 0 Å². The Hall–Kier alpha value is -3.40. The molecule has 0 spiro atoms. The molecule has 0 aliphatic heterocycles. The van der Waals surface area contributed by atoms with Crippen LogP contribution in [0.2, 0.25) is 0 Å². The van der Waals surface area contributed by atoms with E-state index in [-0.39, 0.29) is 18.4 Å². The molecular formula is C24H28N4O3. The Morgan fingerprint density at radius 3 is 2.65 bits per heavy atom. The molecule has 1 atom stereocenters. The number of unbranched alkanes of at least 4 members (excludes halogenated alkanes) is 1. The lowest BCUT2D eigenvalue weighted by Crippen LogP contribution is -2.18. The first-order valence-electron chi connectivity index (χ1n) is 10.7. The van der Waals surface area contributed by atoms with Crippen molar-refractivity contribution in [3.8, 4) is 23.3 Å². The van der Waals surface area contributed by atoms with E-state index in [4.69, 9.17) is 9.15 Å². The van der Waals surface area contributed by atoms with Gasteiger partial charge in [0, 0.05) is 18.4 Å². The van der Waals surface area contributed by atoms with Gasteiger partial charge in [0.25, 0.3) is 0 Å². The summed E-state index contributed by atoms with van der Waals surface area (Å²) in [5, 5.41) is 8.32. The Bertz CT molecular complexity index is 1000. The molecule has 0 aliphatic rings. The number of aryl methyl sites for hydroxylation is 2. The first-order chi connectivity index (χ1) is 15.2. The molecule has 3 aromatic rings. The Morgan fingerprint density at radius 1 is 1.16 bits per heavy atom. The fraction of sp³-hybridized carbons (Fsp3) is 0.417. The van der Waals surface area contributed by atoms with E-state index >= 15 is 0 Å². The molecule has 0 aliphatic carbocycles. The number of aromatic nitrogens is 4. The van der Waals surface area contributed by atoms with Gasteiger partial charge in [-0.15, -0.1) is 11.8 Å². The van der Waals surface area contributed by atoms with Crippen LogP contribution in [-0.2, 0) is 16.0 Å². The maximum Gasteiger partial charge on any atom is 0.308 e. The Kier molecular flexibility index (Phi) is 8.41. The van der Waals surface area contributed by atoms with Crippen molar-refractivity contribution >= 4 is 5.97 Å². The number of ether oxygens (including phenoxy) is 1. The molecule has 1 unspecified atom stereocenters. The highest BCUT2D eigenvalue weighted by Gasteiger charge is 2.17. The van der Waals surface area contributed by atoms with Gasteiger partial charge >= 0.3 is 5.97 Å². The molecule has 2 aromatic heterocycles. The quantitative estimate of drug-likeness (QED) is 0.272. The van der Waals surface area contributed by atoms with Gasteiger partial charge in [-0.25, -0.2) is 4.98 Å². The number of benzene rings is 1. The molecule has 0 bridgehead atoms. The SMILES string of the molecule is CCOC(=O)CC(CCC#CCCCc1nc(-c2ccccc2)oc1C)n1nccn1. The van der Waals surface area contributed by atoms with Gasteiger partial charge in [0.1, 0.15) is 5.76 Å². The number of nitrogens with zero attached hydrogens (tertiary/aromatic N) is 4. The molecule has 7 nitrogen and oxygen atoms in total. The van der Waals surface area contributed by atoms with Crippen LogP contribution in [0.3, 0.4) is 0 Å². The van der Waals surface area contributed by atoms with Gasteiger partial charge in [-0.05, 0) is 45.2 Å². The number of hydrogen-bond acceptors (Lipinski definition) is 6. The molecule has 7 heteroatoms. The van der Waals surface area contributed by atoms with E-state index in [1.807, 2.05) is 37.3 Å². The molecule has 162 valence electrons. The third-order valence-corrected chi connectivity index (χ3v) is 4.83. The zero-order chi connectivity index (χ0) is 21.9. The molecule has 0 radical (unpaired) electrons. The molecule has 0 saturated carbocycles. The molecule has 2 heterocycles. The molecule has 0 N–H and O–H groups in total. The summed E-state index contributed by atoms with van der Waals surface area (Å²) in [6.07, 6.45) is 7.38. The van der Waals surface area contributed by atoms with E-state index in [2.05, 4.69) is 27.0 Å². The molecule has 3 rings (SSSR count). The molecular weight excluding hydrogens is 392 g/mol. The lowest BCUT2D eigenvalue weighted by atomic mass is 10.1. The molecule has 31 heavy (non-hydrogen) atoms. The first kappa shape index (κ1) is 22.3. The van der Waals surface area contributed by atoms with Crippen LogP contribution in [-0.4, -0.2) is 32.6 Å². The highest BCUT2D eigenvalue weighted by Crippen LogP contribution is 2.22. The van der Waals surface area contributed by atoms with Crippen LogP contribution in [0.1, 0.15) is 56.5 Å². The van der Waals surface area contributed by atoms with Crippen molar-refractivity contribution in [3.05, 3.63) is 54.2 Å². The smallest absolute Gasteiger partial charge is 0.308 e. The van der Waals surface area contributed by atoms with Gasteiger partial charge < -0.3 is 9.15 Å². The number of esters is 1. The molecule has 0 saturated heterocycles. The number of oxazole rings is 1. The standard InChI is InChI=1S/C24H28N4O3/c1-3-30-23(29)18-21(28-25-16-17-26-28)14-10-5-4-6-11-15-22-19(2)31-24(27-22)20-12-8-7-9-13-20/h7-9,12-13,16-17,21H,3,6,10-11,14-15,18H2,1-2H3. The van der Waals surface area contributed by atoms with Crippen molar-refractivity contribution < 1.29 is 13.9 Å². The second-order valence-electron chi connectivity index (χ2n) is 7.15. The van der Waals surface area contributed by atoms with Crippen LogP contribution in [0.15, 0.2) is 47.1 Å². The largest absolute Gasteiger partial charge is 0.466 e. The normalized spacial score (nSPS) is 11.5. The molecule has 1 aromatic carbocycles. The lowest BCUT2D eigenvalue weighted by Gasteiger charge is -2.13. The van der Waals surface area contributed by atoms with Gasteiger partial charge in [-0.3, -0.25) is 4.79 Å². The monoisotopic (exact) mass is 420 g/mol. The third kappa shape index (κ3) is 6.82. The summed E-state index contributed by atoms with van der Waals surface area (Å²) in [7, 11) is 0. The van der Waals surface area contributed by atoms with Crippen LogP contribution < -0.4 is 0 Å². The number of rotatable bonds is 10. The lowest BCUT2D eigenvalue weighted by molar-refractivity contribution is -0.144. The summed E-state index contributed by atoms with van der Waals surface area (Å²) >= 11 is 0. The minimum atomic E-state index is -0.240. The van der Waals surface area contributed by atoms with E-state index in [1.165, 1.54) is 0 Å².